The zero-order valence-corrected chi connectivity index (χ0v) is 12.0. The minimum Gasteiger partial charge on any atom is -0.481 e. The fourth-order valence-corrected chi connectivity index (χ4v) is 3.60. The predicted molar refractivity (Wildman–Crippen MR) is 74.1 cm³/mol. The Morgan fingerprint density at radius 3 is 2.63 bits per heavy atom. The molecule has 0 spiro atoms. The maximum absolute atomic E-state index is 12.1. The Morgan fingerprint density at radius 1 is 1.37 bits per heavy atom. The highest BCUT2D eigenvalue weighted by molar-refractivity contribution is 7.12. The Hall–Kier alpha value is -1.36. The van der Waals surface area contributed by atoms with Gasteiger partial charge < -0.3 is 10.4 Å². The Kier molecular flexibility index (Phi) is 4.24. The second-order valence-electron chi connectivity index (χ2n) is 5.15. The summed E-state index contributed by atoms with van der Waals surface area (Å²) in [6.45, 7) is 4.61. The molecule has 0 bridgehead atoms. The van der Waals surface area contributed by atoms with E-state index < -0.39 is 11.9 Å². The standard InChI is InChI=1S/C14H19NO3S/c1-8-6-10(19-9(8)2)7-15-13(16)11-4-3-5-12(11)14(17)18/h6,11-12H,3-5,7H2,1-2H3,(H,15,16)(H,17,18). The molecule has 1 aliphatic carbocycles. The van der Waals surface area contributed by atoms with Crippen molar-refractivity contribution in [1.29, 1.82) is 0 Å². The van der Waals surface area contributed by atoms with Crippen LogP contribution in [0.15, 0.2) is 6.07 Å². The molecular weight excluding hydrogens is 262 g/mol. The first-order valence-corrected chi connectivity index (χ1v) is 7.37. The number of aryl methyl sites for hydroxylation is 2. The van der Waals surface area contributed by atoms with Crippen LogP contribution in [0, 0.1) is 25.7 Å². The van der Waals surface area contributed by atoms with Crippen molar-refractivity contribution in [1.82, 2.24) is 5.32 Å². The van der Waals surface area contributed by atoms with Crippen molar-refractivity contribution < 1.29 is 14.7 Å². The van der Waals surface area contributed by atoms with Gasteiger partial charge in [0.25, 0.3) is 0 Å². The molecule has 1 aromatic rings. The first-order chi connectivity index (χ1) is 8.99. The molecule has 2 unspecified atom stereocenters. The van der Waals surface area contributed by atoms with Crippen molar-refractivity contribution >= 4 is 23.2 Å². The van der Waals surface area contributed by atoms with Gasteiger partial charge in [0.1, 0.15) is 0 Å². The molecule has 4 nitrogen and oxygen atoms in total. The Morgan fingerprint density at radius 2 is 2.05 bits per heavy atom. The second kappa shape index (κ2) is 5.74. The molecule has 1 saturated carbocycles. The number of carbonyl (C=O) groups is 2. The van der Waals surface area contributed by atoms with Gasteiger partial charge in [0.05, 0.1) is 18.4 Å². The van der Waals surface area contributed by atoms with Gasteiger partial charge in [-0.25, -0.2) is 0 Å². The van der Waals surface area contributed by atoms with Crippen molar-refractivity contribution in [3.63, 3.8) is 0 Å². The highest BCUT2D eigenvalue weighted by Crippen LogP contribution is 2.32. The van der Waals surface area contributed by atoms with E-state index in [4.69, 9.17) is 5.11 Å². The van der Waals surface area contributed by atoms with E-state index in [9.17, 15) is 9.59 Å². The van der Waals surface area contributed by atoms with E-state index in [2.05, 4.69) is 25.2 Å². The summed E-state index contributed by atoms with van der Waals surface area (Å²) in [7, 11) is 0. The van der Waals surface area contributed by atoms with Crippen molar-refractivity contribution in [3.8, 4) is 0 Å². The number of hydrogen-bond donors (Lipinski definition) is 2. The normalized spacial score (nSPS) is 22.4. The maximum Gasteiger partial charge on any atom is 0.307 e. The van der Waals surface area contributed by atoms with E-state index in [0.717, 1.165) is 11.3 Å². The number of carbonyl (C=O) groups excluding carboxylic acids is 1. The van der Waals surface area contributed by atoms with Crippen LogP contribution in [-0.4, -0.2) is 17.0 Å². The van der Waals surface area contributed by atoms with Crippen LogP contribution in [0.1, 0.15) is 34.6 Å². The van der Waals surface area contributed by atoms with E-state index >= 15 is 0 Å². The second-order valence-corrected chi connectivity index (χ2v) is 6.49. The highest BCUT2D eigenvalue weighted by Gasteiger charge is 2.37. The molecule has 19 heavy (non-hydrogen) atoms. The summed E-state index contributed by atoms with van der Waals surface area (Å²) < 4.78 is 0. The quantitative estimate of drug-likeness (QED) is 0.891. The van der Waals surface area contributed by atoms with Crippen molar-refractivity contribution in [2.24, 2.45) is 11.8 Å². The van der Waals surface area contributed by atoms with E-state index in [1.54, 1.807) is 11.3 Å². The highest BCUT2D eigenvalue weighted by atomic mass is 32.1. The average molecular weight is 281 g/mol. The van der Waals surface area contributed by atoms with E-state index in [0.29, 0.717) is 19.4 Å². The smallest absolute Gasteiger partial charge is 0.307 e. The molecule has 1 amide bonds. The number of hydrogen-bond acceptors (Lipinski definition) is 3. The van der Waals surface area contributed by atoms with Crippen molar-refractivity contribution in [2.45, 2.75) is 39.7 Å². The molecule has 2 rings (SSSR count). The van der Waals surface area contributed by atoms with E-state index in [-0.39, 0.29) is 11.8 Å². The van der Waals surface area contributed by atoms with Crippen LogP contribution >= 0.6 is 11.3 Å². The van der Waals surface area contributed by atoms with Gasteiger partial charge in [0.2, 0.25) is 5.91 Å². The molecule has 2 atom stereocenters. The minimum absolute atomic E-state index is 0.117. The van der Waals surface area contributed by atoms with Gasteiger partial charge in [-0.05, 0) is 38.3 Å². The number of aliphatic carboxylic acids is 1. The first-order valence-electron chi connectivity index (χ1n) is 6.55. The van der Waals surface area contributed by atoms with Crippen molar-refractivity contribution in [3.05, 3.63) is 21.4 Å². The summed E-state index contributed by atoms with van der Waals surface area (Å²) in [4.78, 5) is 25.5. The number of carboxylic acid groups (broad SMARTS) is 1. The zero-order valence-electron chi connectivity index (χ0n) is 11.2. The minimum atomic E-state index is -0.847. The third-order valence-electron chi connectivity index (χ3n) is 3.82. The molecule has 1 heterocycles. The summed E-state index contributed by atoms with van der Waals surface area (Å²) in [5, 5.41) is 12.0. The molecule has 0 radical (unpaired) electrons. The first kappa shape index (κ1) is 14.1. The zero-order chi connectivity index (χ0) is 14.0. The van der Waals surface area contributed by atoms with Crippen LogP contribution in [-0.2, 0) is 16.1 Å². The summed E-state index contributed by atoms with van der Waals surface area (Å²) in [5.74, 6) is -1.83. The van der Waals surface area contributed by atoms with Gasteiger partial charge in [-0.1, -0.05) is 6.42 Å². The van der Waals surface area contributed by atoms with Crippen LogP contribution in [0.3, 0.4) is 0 Å². The van der Waals surface area contributed by atoms with Crippen molar-refractivity contribution in [2.75, 3.05) is 0 Å². The molecule has 5 heteroatoms. The SMILES string of the molecule is Cc1cc(CNC(=O)C2CCCC2C(=O)O)sc1C. The molecule has 1 aromatic heterocycles. The molecule has 1 fully saturated rings. The predicted octanol–water partition coefficient (Wildman–Crippen LogP) is 2.48. The Balaban J connectivity index is 1.92. The lowest BCUT2D eigenvalue weighted by atomic mass is 9.95. The van der Waals surface area contributed by atoms with Crippen LogP contribution < -0.4 is 5.32 Å². The fraction of sp³-hybridized carbons (Fsp3) is 0.571. The topological polar surface area (TPSA) is 66.4 Å². The maximum atomic E-state index is 12.1. The lowest BCUT2D eigenvalue weighted by molar-refractivity contribution is -0.146. The molecule has 1 aliphatic rings. The lowest BCUT2D eigenvalue weighted by Gasteiger charge is -2.15. The van der Waals surface area contributed by atoms with Crippen LogP contribution in [0.2, 0.25) is 0 Å². The third-order valence-corrected chi connectivity index (χ3v) is 4.98. The number of thiophene rings is 1. The van der Waals surface area contributed by atoms with Crippen LogP contribution in [0.25, 0.3) is 0 Å². The Labute approximate surface area is 116 Å². The fourth-order valence-electron chi connectivity index (χ4n) is 2.61. The monoisotopic (exact) mass is 281 g/mol. The number of carboxylic acids is 1. The molecule has 0 aromatic carbocycles. The summed E-state index contributed by atoms with van der Waals surface area (Å²) in [5.41, 5.74) is 1.23. The summed E-state index contributed by atoms with van der Waals surface area (Å²) in [6, 6.07) is 2.07. The van der Waals surface area contributed by atoms with Gasteiger partial charge in [-0.15, -0.1) is 11.3 Å². The van der Waals surface area contributed by atoms with Gasteiger partial charge in [0.15, 0.2) is 0 Å². The van der Waals surface area contributed by atoms with Gasteiger partial charge in [-0.2, -0.15) is 0 Å². The molecule has 2 N–H and O–H groups in total. The van der Waals surface area contributed by atoms with Gasteiger partial charge in [0, 0.05) is 9.75 Å². The van der Waals surface area contributed by atoms with Crippen LogP contribution in [0.5, 0.6) is 0 Å². The number of amides is 1. The molecule has 0 aliphatic heterocycles. The summed E-state index contributed by atoms with van der Waals surface area (Å²) in [6.07, 6.45) is 2.13. The number of nitrogens with one attached hydrogen (secondary N) is 1. The molecular formula is C14H19NO3S. The molecule has 0 saturated heterocycles. The van der Waals surface area contributed by atoms with Crippen LogP contribution in [0.4, 0.5) is 0 Å². The average Bonchev–Trinajstić information content (AvgIpc) is 2.94. The summed E-state index contributed by atoms with van der Waals surface area (Å²) >= 11 is 1.67. The molecule has 104 valence electrons. The van der Waals surface area contributed by atoms with Gasteiger partial charge in [-0.3, -0.25) is 9.59 Å². The lowest BCUT2D eigenvalue weighted by Crippen LogP contribution is -2.34. The van der Waals surface area contributed by atoms with E-state index in [1.165, 1.54) is 10.4 Å². The van der Waals surface area contributed by atoms with Gasteiger partial charge >= 0.3 is 5.97 Å². The third kappa shape index (κ3) is 3.15. The van der Waals surface area contributed by atoms with E-state index in [1.807, 2.05) is 0 Å². The largest absolute Gasteiger partial charge is 0.481 e. The Bertz CT molecular complexity index is 475. The number of rotatable bonds is 4.